The first-order chi connectivity index (χ1) is 33.2. The van der Waals surface area contributed by atoms with Crippen LogP contribution < -0.4 is 14.2 Å². The number of hydrogen-bond acceptors (Lipinski definition) is 5. The van der Waals surface area contributed by atoms with Crippen molar-refractivity contribution in [2.45, 2.75) is 220 Å². The first-order valence-electron chi connectivity index (χ1n) is 27.7. The van der Waals surface area contributed by atoms with Crippen LogP contribution in [0, 0.1) is 0 Å². The number of ether oxygens (including phenoxy) is 3. The zero-order valence-corrected chi connectivity index (χ0v) is 42.7. The van der Waals surface area contributed by atoms with Crippen LogP contribution in [-0.2, 0) is 6.54 Å². The molecule has 0 N–H and O–H groups in total. The van der Waals surface area contributed by atoms with Gasteiger partial charge in [0.1, 0.15) is 5.82 Å². The highest BCUT2D eigenvalue weighted by Crippen LogP contribution is 2.41. The lowest BCUT2D eigenvalue weighted by molar-refractivity contribution is 0.233. The molecule has 2 aromatic heterocycles. The van der Waals surface area contributed by atoms with Crippen LogP contribution in [0.25, 0.3) is 33.7 Å². The number of fused-ring (bicyclic) bond motifs is 1. The average molecular weight is 914 g/mol. The molecule has 0 aliphatic heterocycles. The smallest absolute Gasteiger partial charge is 0.203 e. The summed E-state index contributed by atoms with van der Waals surface area (Å²) in [6.07, 6.45) is 40.8. The fourth-order valence-corrected chi connectivity index (χ4v) is 9.38. The Hall–Kier alpha value is -4.32. The van der Waals surface area contributed by atoms with E-state index < -0.39 is 0 Å². The van der Waals surface area contributed by atoms with E-state index in [4.69, 9.17) is 19.2 Å². The van der Waals surface area contributed by atoms with Crippen LogP contribution in [0.15, 0.2) is 85.1 Å². The van der Waals surface area contributed by atoms with E-state index >= 15 is 0 Å². The standard InChI is InChI=1S/C61H91N3O3/c1-4-7-10-13-16-19-22-25-28-35-45-65-58-48-52(51-64-57-43-32-31-42-56(57)63-61(64)54-40-38-39-53(50-54)55-41-33-34-44-62-55)49-59(66-46-36-29-26-23-20-17-14-11-8-5-2)60(58)67-47-37-30-27-24-21-18-15-12-9-6-3/h31-34,38-44,48-50H,4-30,35-37,45-47,51H2,1-3H3. The topological polar surface area (TPSA) is 58.4 Å². The molecule has 0 radical (unpaired) electrons. The molecule has 0 spiro atoms. The third-order valence-corrected chi connectivity index (χ3v) is 13.4. The quantitative estimate of drug-likeness (QED) is 0.0367. The van der Waals surface area contributed by atoms with Gasteiger partial charge in [0.15, 0.2) is 11.5 Å². The van der Waals surface area contributed by atoms with Crippen LogP contribution in [0.4, 0.5) is 0 Å². The molecule has 0 fully saturated rings. The summed E-state index contributed by atoms with van der Waals surface area (Å²) in [5, 5.41) is 0. The van der Waals surface area contributed by atoms with Crippen molar-refractivity contribution in [1.29, 1.82) is 0 Å². The third kappa shape index (κ3) is 20.4. The number of nitrogens with zero attached hydrogens (tertiary/aromatic N) is 3. The molecule has 0 aliphatic carbocycles. The van der Waals surface area contributed by atoms with Crippen molar-refractivity contribution < 1.29 is 14.2 Å². The lowest BCUT2D eigenvalue weighted by Gasteiger charge is -2.20. The minimum Gasteiger partial charge on any atom is -0.490 e. The van der Waals surface area contributed by atoms with Gasteiger partial charge in [0, 0.05) is 23.9 Å². The van der Waals surface area contributed by atoms with Crippen molar-refractivity contribution >= 4 is 11.0 Å². The normalized spacial score (nSPS) is 11.4. The van der Waals surface area contributed by atoms with Crippen LogP contribution >= 0.6 is 0 Å². The van der Waals surface area contributed by atoms with E-state index in [0.29, 0.717) is 26.4 Å². The van der Waals surface area contributed by atoms with E-state index in [9.17, 15) is 0 Å². The molecule has 0 bridgehead atoms. The largest absolute Gasteiger partial charge is 0.490 e. The van der Waals surface area contributed by atoms with Crippen LogP contribution in [0.1, 0.15) is 219 Å². The second-order valence-electron chi connectivity index (χ2n) is 19.3. The number of rotatable bonds is 40. The molecule has 67 heavy (non-hydrogen) atoms. The summed E-state index contributed by atoms with van der Waals surface area (Å²) in [6.45, 7) is 9.51. The van der Waals surface area contributed by atoms with Crippen LogP contribution in [0.3, 0.4) is 0 Å². The highest BCUT2D eigenvalue weighted by Gasteiger charge is 2.20. The summed E-state index contributed by atoms with van der Waals surface area (Å²) in [7, 11) is 0. The van der Waals surface area contributed by atoms with Gasteiger partial charge in [-0.05, 0) is 67.3 Å². The Labute approximate surface area is 408 Å². The van der Waals surface area contributed by atoms with Crippen molar-refractivity contribution in [2.75, 3.05) is 19.8 Å². The third-order valence-electron chi connectivity index (χ3n) is 13.4. The second kappa shape index (κ2) is 34.0. The molecule has 0 saturated heterocycles. The van der Waals surface area contributed by atoms with Gasteiger partial charge < -0.3 is 18.8 Å². The molecule has 0 atom stereocenters. The van der Waals surface area contributed by atoms with Gasteiger partial charge in [-0.2, -0.15) is 0 Å². The van der Waals surface area contributed by atoms with Crippen LogP contribution in [-0.4, -0.2) is 34.4 Å². The monoisotopic (exact) mass is 914 g/mol. The van der Waals surface area contributed by atoms with Gasteiger partial charge in [-0.3, -0.25) is 4.98 Å². The Bertz CT molecular complexity index is 1960. The Balaban J connectivity index is 1.34. The van der Waals surface area contributed by atoms with Gasteiger partial charge >= 0.3 is 0 Å². The molecule has 6 nitrogen and oxygen atoms in total. The fourth-order valence-electron chi connectivity index (χ4n) is 9.38. The van der Waals surface area contributed by atoms with Gasteiger partial charge in [0.25, 0.3) is 0 Å². The summed E-state index contributed by atoms with van der Waals surface area (Å²) in [5.74, 6) is 3.32. The van der Waals surface area contributed by atoms with Crippen LogP contribution in [0.2, 0.25) is 0 Å². The van der Waals surface area contributed by atoms with E-state index in [2.05, 4.69) is 97.1 Å². The summed E-state index contributed by atoms with van der Waals surface area (Å²) in [5.41, 5.74) is 6.29. The zero-order valence-electron chi connectivity index (χ0n) is 42.7. The Morgan fingerprint density at radius 2 is 0.866 bits per heavy atom. The predicted molar refractivity (Wildman–Crippen MR) is 286 cm³/mol. The molecule has 0 saturated carbocycles. The number of hydrogen-bond donors (Lipinski definition) is 0. The van der Waals surface area contributed by atoms with Crippen LogP contribution in [0.5, 0.6) is 17.2 Å². The van der Waals surface area contributed by atoms with E-state index in [1.807, 2.05) is 18.3 Å². The van der Waals surface area contributed by atoms with E-state index in [1.165, 1.54) is 173 Å². The predicted octanol–water partition coefficient (Wildman–Crippen LogP) is 18.7. The summed E-state index contributed by atoms with van der Waals surface area (Å²) in [4.78, 5) is 9.90. The van der Waals surface area contributed by atoms with Gasteiger partial charge in [-0.1, -0.05) is 231 Å². The molecule has 5 rings (SSSR count). The first-order valence-corrected chi connectivity index (χ1v) is 27.7. The fraction of sp³-hybridized carbons (Fsp3) is 0.607. The lowest BCUT2D eigenvalue weighted by Crippen LogP contribution is -2.09. The number of para-hydroxylation sites is 2. The molecular weight excluding hydrogens is 823 g/mol. The number of imidazole rings is 1. The number of benzene rings is 3. The second-order valence-corrected chi connectivity index (χ2v) is 19.3. The molecule has 2 heterocycles. The minimum absolute atomic E-state index is 0.617. The van der Waals surface area contributed by atoms with E-state index in [-0.39, 0.29) is 0 Å². The Morgan fingerprint density at radius 3 is 1.36 bits per heavy atom. The van der Waals surface area contributed by atoms with Crippen molar-refractivity contribution in [3.05, 3.63) is 90.6 Å². The van der Waals surface area contributed by atoms with Gasteiger partial charge in [-0.25, -0.2) is 4.98 Å². The summed E-state index contributed by atoms with van der Waals surface area (Å²) >= 11 is 0. The SMILES string of the molecule is CCCCCCCCCCCCOc1cc(Cn2c(-c3cccc(-c4ccccn4)c3)nc3ccccc32)cc(OCCCCCCCCCCCC)c1OCCCCCCCCCCCC. The highest BCUT2D eigenvalue weighted by molar-refractivity contribution is 5.81. The highest BCUT2D eigenvalue weighted by atomic mass is 16.5. The average Bonchev–Trinajstić information content (AvgIpc) is 3.72. The van der Waals surface area contributed by atoms with Crippen molar-refractivity contribution in [3.8, 4) is 39.9 Å². The molecule has 368 valence electrons. The van der Waals surface area contributed by atoms with Crippen molar-refractivity contribution in [1.82, 2.24) is 14.5 Å². The molecule has 0 amide bonds. The summed E-state index contributed by atoms with van der Waals surface area (Å²) in [6, 6.07) is 27.6. The van der Waals surface area contributed by atoms with Gasteiger partial charge in [0.2, 0.25) is 5.75 Å². The minimum atomic E-state index is 0.617. The molecular formula is C61H91N3O3. The summed E-state index contributed by atoms with van der Waals surface area (Å²) < 4.78 is 22.7. The van der Waals surface area contributed by atoms with E-state index in [0.717, 1.165) is 75.8 Å². The Morgan fingerprint density at radius 1 is 0.418 bits per heavy atom. The molecule has 5 aromatic rings. The van der Waals surface area contributed by atoms with Crippen molar-refractivity contribution in [3.63, 3.8) is 0 Å². The first kappa shape index (κ1) is 53.6. The molecule has 0 unspecified atom stereocenters. The zero-order chi connectivity index (χ0) is 46.8. The maximum Gasteiger partial charge on any atom is 0.203 e. The van der Waals surface area contributed by atoms with Crippen molar-refractivity contribution in [2.24, 2.45) is 0 Å². The maximum atomic E-state index is 6.80. The lowest BCUT2D eigenvalue weighted by atomic mass is 10.1. The van der Waals surface area contributed by atoms with E-state index in [1.54, 1.807) is 0 Å². The molecule has 3 aromatic carbocycles. The maximum absolute atomic E-state index is 6.80. The molecule has 6 heteroatoms. The number of aromatic nitrogens is 3. The Kier molecular flexibility index (Phi) is 27.2. The number of unbranched alkanes of at least 4 members (excludes halogenated alkanes) is 27. The van der Waals surface area contributed by atoms with Gasteiger partial charge in [0.05, 0.1) is 36.5 Å². The van der Waals surface area contributed by atoms with Gasteiger partial charge in [-0.15, -0.1) is 0 Å². The molecule has 0 aliphatic rings. The number of pyridine rings is 1.